The summed E-state index contributed by atoms with van der Waals surface area (Å²) in [5.41, 5.74) is 0.671. The summed E-state index contributed by atoms with van der Waals surface area (Å²) in [6.45, 7) is 0. The van der Waals surface area contributed by atoms with Gasteiger partial charge < -0.3 is 5.32 Å². The molecule has 0 amide bonds. The van der Waals surface area contributed by atoms with Crippen LogP contribution >= 0.6 is 27.5 Å². The standard InChI is InChI=1S/C14H11BrClF2N/c1-19-14(10-6-8(15)2-4-12(10)17)11-7-9(16)3-5-13(11)18/h2-7,14,19H,1H3. The summed E-state index contributed by atoms with van der Waals surface area (Å²) in [5.74, 6) is -0.829. The number of halogens is 4. The zero-order valence-electron chi connectivity index (χ0n) is 10.1. The van der Waals surface area contributed by atoms with Crippen LogP contribution in [0, 0.1) is 11.6 Å². The predicted molar refractivity (Wildman–Crippen MR) is 76.4 cm³/mol. The van der Waals surface area contributed by atoms with Gasteiger partial charge in [0.25, 0.3) is 0 Å². The molecule has 0 saturated carbocycles. The molecule has 2 rings (SSSR count). The lowest BCUT2D eigenvalue weighted by Gasteiger charge is -2.19. The zero-order valence-corrected chi connectivity index (χ0v) is 12.4. The third-order valence-corrected chi connectivity index (χ3v) is 3.56. The van der Waals surface area contributed by atoms with Crippen molar-refractivity contribution in [2.75, 3.05) is 7.05 Å². The second-order valence-electron chi connectivity index (χ2n) is 4.05. The van der Waals surface area contributed by atoms with Gasteiger partial charge in [-0.15, -0.1) is 0 Å². The number of hydrogen-bond donors (Lipinski definition) is 1. The molecule has 1 nitrogen and oxygen atoms in total. The third kappa shape index (κ3) is 3.14. The van der Waals surface area contributed by atoms with Gasteiger partial charge in [0, 0.05) is 20.6 Å². The van der Waals surface area contributed by atoms with Gasteiger partial charge in [0.05, 0.1) is 6.04 Å². The van der Waals surface area contributed by atoms with Crippen molar-refractivity contribution >= 4 is 27.5 Å². The fourth-order valence-electron chi connectivity index (χ4n) is 1.95. The van der Waals surface area contributed by atoms with E-state index in [-0.39, 0.29) is 0 Å². The molecule has 0 bridgehead atoms. The van der Waals surface area contributed by atoms with Crippen molar-refractivity contribution in [1.82, 2.24) is 5.32 Å². The minimum Gasteiger partial charge on any atom is -0.309 e. The van der Waals surface area contributed by atoms with Crippen LogP contribution in [0.25, 0.3) is 0 Å². The quantitative estimate of drug-likeness (QED) is 0.850. The fraction of sp³-hybridized carbons (Fsp3) is 0.143. The van der Waals surface area contributed by atoms with E-state index in [0.29, 0.717) is 16.1 Å². The Kier molecular flexibility index (Phi) is 4.55. The molecule has 2 aromatic rings. The molecule has 1 atom stereocenters. The second-order valence-corrected chi connectivity index (χ2v) is 5.41. The normalized spacial score (nSPS) is 12.5. The first-order valence-electron chi connectivity index (χ1n) is 5.60. The van der Waals surface area contributed by atoms with Gasteiger partial charge in [-0.2, -0.15) is 0 Å². The van der Waals surface area contributed by atoms with E-state index in [2.05, 4.69) is 21.2 Å². The molecule has 0 aliphatic rings. The van der Waals surface area contributed by atoms with Gasteiger partial charge in [-0.1, -0.05) is 27.5 Å². The van der Waals surface area contributed by atoms with Crippen LogP contribution in [0.2, 0.25) is 5.02 Å². The monoisotopic (exact) mass is 345 g/mol. The Labute approximate surface area is 123 Å². The first-order chi connectivity index (χ1) is 9.02. The number of rotatable bonds is 3. The SMILES string of the molecule is CNC(c1cc(Cl)ccc1F)c1cc(Br)ccc1F. The highest BCUT2D eigenvalue weighted by atomic mass is 79.9. The van der Waals surface area contributed by atoms with E-state index < -0.39 is 17.7 Å². The van der Waals surface area contributed by atoms with Gasteiger partial charge in [-0.25, -0.2) is 8.78 Å². The van der Waals surface area contributed by atoms with Gasteiger partial charge in [-0.05, 0) is 43.4 Å². The summed E-state index contributed by atoms with van der Waals surface area (Å²) in [6.07, 6.45) is 0. The molecule has 0 aromatic heterocycles. The Hall–Kier alpha value is -0.970. The summed E-state index contributed by atoms with van der Waals surface area (Å²) in [7, 11) is 1.64. The van der Waals surface area contributed by atoms with Gasteiger partial charge in [-0.3, -0.25) is 0 Å². The van der Waals surface area contributed by atoms with Crippen LogP contribution in [0.4, 0.5) is 8.78 Å². The summed E-state index contributed by atoms with van der Waals surface area (Å²) in [6, 6.07) is 8.19. The number of hydrogen-bond acceptors (Lipinski definition) is 1. The second kappa shape index (κ2) is 5.99. The van der Waals surface area contributed by atoms with Crippen molar-refractivity contribution in [2.45, 2.75) is 6.04 Å². The molecule has 1 unspecified atom stereocenters. The van der Waals surface area contributed by atoms with E-state index in [1.54, 1.807) is 19.2 Å². The molecular weight excluding hydrogens is 336 g/mol. The van der Waals surface area contributed by atoms with Crippen molar-refractivity contribution < 1.29 is 8.78 Å². The Bertz CT molecular complexity index is 552. The van der Waals surface area contributed by atoms with Gasteiger partial charge in [0.1, 0.15) is 11.6 Å². The molecule has 0 radical (unpaired) electrons. The van der Waals surface area contributed by atoms with Crippen LogP contribution in [0.5, 0.6) is 0 Å². The van der Waals surface area contributed by atoms with Crippen LogP contribution in [0.1, 0.15) is 17.2 Å². The third-order valence-electron chi connectivity index (χ3n) is 2.83. The van der Waals surface area contributed by atoms with Gasteiger partial charge >= 0.3 is 0 Å². The van der Waals surface area contributed by atoms with E-state index >= 15 is 0 Å². The zero-order chi connectivity index (χ0) is 14.0. The molecule has 100 valence electrons. The Morgan fingerprint density at radius 1 is 1.05 bits per heavy atom. The molecule has 0 heterocycles. The summed E-state index contributed by atoms with van der Waals surface area (Å²) < 4.78 is 28.5. The van der Waals surface area contributed by atoms with E-state index in [4.69, 9.17) is 11.6 Å². The average molecular weight is 347 g/mol. The van der Waals surface area contributed by atoms with Crippen LogP contribution < -0.4 is 5.32 Å². The largest absolute Gasteiger partial charge is 0.309 e. The fourth-order valence-corrected chi connectivity index (χ4v) is 2.51. The molecule has 1 N–H and O–H groups in total. The highest BCUT2D eigenvalue weighted by Gasteiger charge is 2.20. The van der Waals surface area contributed by atoms with E-state index in [1.165, 1.54) is 24.3 Å². The molecule has 0 saturated heterocycles. The smallest absolute Gasteiger partial charge is 0.128 e. The van der Waals surface area contributed by atoms with Crippen molar-refractivity contribution in [3.63, 3.8) is 0 Å². The average Bonchev–Trinajstić information content (AvgIpc) is 2.38. The van der Waals surface area contributed by atoms with Crippen molar-refractivity contribution in [3.05, 3.63) is 68.7 Å². The van der Waals surface area contributed by atoms with Crippen LogP contribution in [-0.2, 0) is 0 Å². The van der Waals surface area contributed by atoms with Gasteiger partial charge in [0.2, 0.25) is 0 Å². The molecule has 0 aliphatic carbocycles. The number of benzene rings is 2. The summed E-state index contributed by atoms with van der Waals surface area (Å²) >= 11 is 9.16. The van der Waals surface area contributed by atoms with E-state index in [0.717, 1.165) is 4.47 Å². The molecule has 5 heteroatoms. The minimum atomic E-state index is -0.601. The van der Waals surface area contributed by atoms with E-state index in [9.17, 15) is 8.78 Å². The summed E-state index contributed by atoms with van der Waals surface area (Å²) in [4.78, 5) is 0. The molecular formula is C14H11BrClF2N. The van der Waals surface area contributed by atoms with Crippen molar-refractivity contribution in [1.29, 1.82) is 0 Å². The lowest BCUT2D eigenvalue weighted by atomic mass is 9.98. The highest BCUT2D eigenvalue weighted by Crippen LogP contribution is 2.30. The van der Waals surface area contributed by atoms with Crippen molar-refractivity contribution in [2.24, 2.45) is 0 Å². The van der Waals surface area contributed by atoms with Crippen LogP contribution in [0.3, 0.4) is 0 Å². The Morgan fingerprint density at radius 3 is 2.26 bits per heavy atom. The number of nitrogens with one attached hydrogen (secondary N) is 1. The molecule has 19 heavy (non-hydrogen) atoms. The lowest BCUT2D eigenvalue weighted by molar-refractivity contribution is 0.546. The first-order valence-corrected chi connectivity index (χ1v) is 6.77. The highest BCUT2D eigenvalue weighted by molar-refractivity contribution is 9.10. The Morgan fingerprint density at radius 2 is 1.63 bits per heavy atom. The lowest BCUT2D eigenvalue weighted by Crippen LogP contribution is -2.20. The topological polar surface area (TPSA) is 12.0 Å². The van der Waals surface area contributed by atoms with Crippen molar-refractivity contribution in [3.8, 4) is 0 Å². The molecule has 0 spiro atoms. The predicted octanol–water partition coefficient (Wildman–Crippen LogP) is 4.69. The first kappa shape index (κ1) is 14.4. The van der Waals surface area contributed by atoms with Crippen LogP contribution in [-0.4, -0.2) is 7.05 Å². The maximum atomic E-state index is 13.9. The molecule has 2 aromatic carbocycles. The maximum absolute atomic E-state index is 13.9. The van der Waals surface area contributed by atoms with Gasteiger partial charge in [0.15, 0.2) is 0 Å². The molecule has 0 aliphatic heterocycles. The van der Waals surface area contributed by atoms with E-state index in [1.807, 2.05) is 0 Å². The maximum Gasteiger partial charge on any atom is 0.128 e. The Balaban J connectivity index is 2.55. The molecule has 0 fully saturated rings. The van der Waals surface area contributed by atoms with Crippen LogP contribution in [0.15, 0.2) is 40.9 Å². The summed E-state index contributed by atoms with van der Waals surface area (Å²) in [5, 5.41) is 3.32. The minimum absolute atomic E-state index is 0.312.